The minimum atomic E-state index is -0.623. The zero-order chi connectivity index (χ0) is 14.4. The Hall–Kier alpha value is -0.860. The average Bonchev–Trinajstić information content (AvgIpc) is 2.73. The molecule has 1 aromatic rings. The van der Waals surface area contributed by atoms with E-state index in [9.17, 15) is 5.11 Å². The predicted molar refractivity (Wildman–Crippen MR) is 82.5 cm³/mol. The molecule has 0 aliphatic heterocycles. The number of rotatable bonds is 2. The first-order chi connectivity index (χ1) is 9.44. The van der Waals surface area contributed by atoms with Crippen molar-refractivity contribution in [1.29, 1.82) is 0 Å². The average molecular weight is 273 g/mol. The van der Waals surface area contributed by atoms with Gasteiger partial charge in [-0.3, -0.25) is 0 Å². The van der Waals surface area contributed by atoms with Gasteiger partial charge < -0.3 is 10.8 Å². The number of aliphatic hydroxyl groups is 1. The van der Waals surface area contributed by atoms with E-state index in [4.69, 9.17) is 5.73 Å². The van der Waals surface area contributed by atoms with Crippen LogP contribution in [0.25, 0.3) is 0 Å². The van der Waals surface area contributed by atoms with Gasteiger partial charge in [-0.1, -0.05) is 38.1 Å². The van der Waals surface area contributed by atoms with Gasteiger partial charge in [0.05, 0.1) is 5.60 Å². The number of aryl methyl sites for hydroxylation is 1. The molecule has 0 saturated heterocycles. The van der Waals surface area contributed by atoms with Crippen molar-refractivity contribution in [2.75, 3.05) is 6.54 Å². The molecule has 0 radical (unpaired) electrons. The van der Waals surface area contributed by atoms with E-state index in [1.54, 1.807) is 0 Å². The minimum absolute atomic E-state index is 0.0291. The number of hydrogen-bond donors (Lipinski definition) is 2. The van der Waals surface area contributed by atoms with Crippen LogP contribution in [-0.2, 0) is 12.8 Å². The Balaban J connectivity index is 2.02. The maximum absolute atomic E-state index is 11.5. The molecular formula is C18H27NO. The van der Waals surface area contributed by atoms with Crippen molar-refractivity contribution in [3.05, 3.63) is 35.4 Å². The molecule has 2 nitrogen and oxygen atoms in total. The lowest BCUT2D eigenvalue weighted by atomic mass is 9.55. The number of benzene rings is 1. The highest BCUT2D eigenvalue weighted by molar-refractivity contribution is 5.33. The summed E-state index contributed by atoms with van der Waals surface area (Å²) in [7, 11) is 0. The summed E-state index contributed by atoms with van der Waals surface area (Å²) >= 11 is 0. The van der Waals surface area contributed by atoms with Crippen molar-refractivity contribution in [2.45, 2.75) is 58.0 Å². The van der Waals surface area contributed by atoms with E-state index in [0.29, 0.717) is 6.54 Å². The third-order valence-electron chi connectivity index (χ3n) is 6.25. The summed E-state index contributed by atoms with van der Waals surface area (Å²) < 4.78 is 0. The van der Waals surface area contributed by atoms with Gasteiger partial charge in [-0.2, -0.15) is 0 Å². The van der Waals surface area contributed by atoms with Gasteiger partial charge in [0.15, 0.2) is 0 Å². The normalized spacial score (nSPS) is 35.8. The van der Waals surface area contributed by atoms with E-state index in [2.05, 4.69) is 38.1 Å². The molecule has 0 bridgehead atoms. The number of hydrogen-bond acceptors (Lipinski definition) is 2. The lowest BCUT2D eigenvalue weighted by molar-refractivity contribution is -0.147. The minimum Gasteiger partial charge on any atom is -0.389 e. The second-order valence-corrected chi connectivity index (χ2v) is 7.53. The largest absolute Gasteiger partial charge is 0.389 e. The molecule has 2 unspecified atom stereocenters. The second-order valence-electron chi connectivity index (χ2n) is 7.53. The van der Waals surface area contributed by atoms with E-state index < -0.39 is 5.60 Å². The van der Waals surface area contributed by atoms with Crippen LogP contribution >= 0.6 is 0 Å². The highest BCUT2D eigenvalue weighted by atomic mass is 16.3. The van der Waals surface area contributed by atoms with Crippen LogP contribution in [0.5, 0.6) is 0 Å². The van der Waals surface area contributed by atoms with Crippen LogP contribution < -0.4 is 5.73 Å². The summed E-state index contributed by atoms with van der Waals surface area (Å²) in [5, 5.41) is 11.5. The summed E-state index contributed by atoms with van der Waals surface area (Å²) in [5.41, 5.74) is 8.25. The van der Waals surface area contributed by atoms with Crippen molar-refractivity contribution < 1.29 is 5.11 Å². The fourth-order valence-electron chi connectivity index (χ4n) is 4.81. The lowest BCUT2D eigenvalue weighted by Gasteiger charge is -2.54. The zero-order valence-corrected chi connectivity index (χ0v) is 12.8. The van der Waals surface area contributed by atoms with E-state index in [1.165, 1.54) is 11.1 Å². The smallest absolute Gasteiger partial charge is 0.0769 e. The fraction of sp³-hybridized carbons (Fsp3) is 0.667. The lowest BCUT2D eigenvalue weighted by Crippen LogP contribution is -2.60. The summed E-state index contributed by atoms with van der Waals surface area (Å²) in [4.78, 5) is 0. The summed E-state index contributed by atoms with van der Waals surface area (Å²) in [6.45, 7) is 5.02. The second kappa shape index (κ2) is 4.57. The number of nitrogens with two attached hydrogens (primary N) is 1. The van der Waals surface area contributed by atoms with Crippen LogP contribution in [0.15, 0.2) is 24.3 Å². The molecule has 2 aliphatic carbocycles. The van der Waals surface area contributed by atoms with Crippen LogP contribution in [-0.4, -0.2) is 17.3 Å². The Morgan fingerprint density at radius 2 is 1.80 bits per heavy atom. The Labute approximate surface area is 122 Å². The third kappa shape index (κ3) is 1.78. The van der Waals surface area contributed by atoms with Crippen molar-refractivity contribution in [1.82, 2.24) is 0 Å². The van der Waals surface area contributed by atoms with Crippen molar-refractivity contribution in [2.24, 2.45) is 16.6 Å². The van der Waals surface area contributed by atoms with E-state index in [1.807, 2.05) is 0 Å². The van der Waals surface area contributed by atoms with Crippen molar-refractivity contribution in [3.63, 3.8) is 0 Å². The molecular weight excluding hydrogens is 246 g/mol. The van der Waals surface area contributed by atoms with Gasteiger partial charge in [-0.05, 0) is 55.1 Å². The first kappa shape index (κ1) is 14.1. The fourth-order valence-corrected chi connectivity index (χ4v) is 4.81. The third-order valence-corrected chi connectivity index (χ3v) is 6.25. The molecule has 1 aromatic carbocycles. The molecule has 2 aliphatic rings. The van der Waals surface area contributed by atoms with Crippen LogP contribution in [0, 0.1) is 10.8 Å². The van der Waals surface area contributed by atoms with Crippen LogP contribution in [0.3, 0.4) is 0 Å². The summed E-state index contributed by atoms with van der Waals surface area (Å²) in [5.74, 6) is 0. The van der Waals surface area contributed by atoms with Crippen molar-refractivity contribution in [3.8, 4) is 0 Å². The van der Waals surface area contributed by atoms with Gasteiger partial charge in [0.25, 0.3) is 0 Å². The van der Waals surface area contributed by atoms with Crippen molar-refractivity contribution >= 4 is 0 Å². The molecule has 110 valence electrons. The van der Waals surface area contributed by atoms with Gasteiger partial charge in [0, 0.05) is 12.0 Å². The molecule has 0 amide bonds. The SMILES string of the molecule is CC1(C)CCCC1(O)C1(CN)CCc2ccccc2C1. The molecule has 1 saturated carbocycles. The van der Waals surface area contributed by atoms with Gasteiger partial charge in [0.2, 0.25) is 0 Å². The molecule has 2 heteroatoms. The zero-order valence-electron chi connectivity index (χ0n) is 12.8. The molecule has 3 rings (SSSR count). The highest BCUT2D eigenvalue weighted by Gasteiger charge is 2.60. The Morgan fingerprint density at radius 3 is 2.40 bits per heavy atom. The van der Waals surface area contributed by atoms with Crippen LogP contribution in [0.4, 0.5) is 0 Å². The maximum atomic E-state index is 11.5. The molecule has 3 N–H and O–H groups in total. The van der Waals surface area contributed by atoms with Gasteiger partial charge in [-0.25, -0.2) is 0 Å². The monoisotopic (exact) mass is 273 g/mol. The Kier molecular flexibility index (Phi) is 3.22. The number of fused-ring (bicyclic) bond motifs is 1. The Morgan fingerprint density at radius 1 is 1.10 bits per heavy atom. The molecule has 0 spiro atoms. The van der Waals surface area contributed by atoms with E-state index in [0.717, 1.165) is 38.5 Å². The highest BCUT2D eigenvalue weighted by Crippen LogP contribution is 2.58. The molecule has 2 atom stereocenters. The molecule has 0 heterocycles. The standard InChI is InChI=1S/C18H27NO/c1-16(2)9-5-10-18(16,20)17(13-19)11-8-14-6-3-4-7-15(14)12-17/h3-4,6-7,20H,5,8-13,19H2,1-2H3. The van der Waals surface area contributed by atoms with Gasteiger partial charge in [-0.15, -0.1) is 0 Å². The summed E-state index contributed by atoms with van der Waals surface area (Å²) in [6, 6.07) is 8.65. The molecule has 0 aromatic heterocycles. The molecule has 1 fully saturated rings. The van der Waals surface area contributed by atoms with Gasteiger partial charge in [0.1, 0.15) is 0 Å². The summed E-state index contributed by atoms with van der Waals surface area (Å²) in [6.07, 6.45) is 6.12. The van der Waals surface area contributed by atoms with Crippen LogP contribution in [0.2, 0.25) is 0 Å². The predicted octanol–water partition coefficient (Wildman–Crippen LogP) is 3.06. The first-order valence-corrected chi connectivity index (χ1v) is 7.93. The maximum Gasteiger partial charge on any atom is 0.0769 e. The first-order valence-electron chi connectivity index (χ1n) is 7.93. The van der Waals surface area contributed by atoms with E-state index >= 15 is 0 Å². The van der Waals surface area contributed by atoms with Crippen LogP contribution in [0.1, 0.15) is 50.7 Å². The van der Waals surface area contributed by atoms with E-state index in [-0.39, 0.29) is 10.8 Å². The van der Waals surface area contributed by atoms with Gasteiger partial charge >= 0.3 is 0 Å². The quantitative estimate of drug-likeness (QED) is 0.870. The topological polar surface area (TPSA) is 46.2 Å². The molecule has 20 heavy (non-hydrogen) atoms. The Bertz CT molecular complexity index is 510.